The molecule has 2 fully saturated rings. The molecule has 1 amide bonds. The van der Waals surface area contributed by atoms with Crippen molar-refractivity contribution in [3.05, 3.63) is 29.8 Å². The maximum Gasteiger partial charge on any atom is 0.223 e. The average Bonchev–Trinajstić information content (AvgIpc) is 2.68. The molecule has 5 nitrogen and oxygen atoms in total. The van der Waals surface area contributed by atoms with Gasteiger partial charge in [-0.05, 0) is 24.8 Å². The number of benzene rings is 1. The number of para-hydroxylation sites is 1. The molecule has 1 aromatic carbocycles. The van der Waals surface area contributed by atoms with Crippen LogP contribution < -0.4 is 4.74 Å². The standard InChI is InChI=1S/C21H31NO4/c1-16(2)19-14-21(8-11-26-19,17-6-4-5-7-18(17)24-3)15-20(23)22-9-12-25-13-10-22/h4-7,16,19H,8-15H2,1-3H3/t19-,21+/m1/s1. The Labute approximate surface area is 156 Å². The third-order valence-corrected chi connectivity index (χ3v) is 5.78. The highest BCUT2D eigenvalue weighted by atomic mass is 16.5. The van der Waals surface area contributed by atoms with Crippen molar-refractivity contribution in [2.75, 3.05) is 40.0 Å². The van der Waals surface area contributed by atoms with E-state index in [9.17, 15) is 4.79 Å². The van der Waals surface area contributed by atoms with E-state index in [1.807, 2.05) is 23.1 Å². The van der Waals surface area contributed by atoms with Crippen molar-refractivity contribution >= 4 is 5.91 Å². The summed E-state index contributed by atoms with van der Waals surface area (Å²) in [6.45, 7) is 7.68. The number of hydrogen-bond donors (Lipinski definition) is 0. The Morgan fingerprint density at radius 1 is 1.27 bits per heavy atom. The van der Waals surface area contributed by atoms with Crippen LogP contribution in [0, 0.1) is 5.92 Å². The van der Waals surface area contributed by atoms with Crippen LogP contribution in [0.4, 0.5) is 0 Å². The first-order chi connectivity index (χ1) is 12.6. The summed E-state index contributed by atoms with van der Waals surface area (Å²) in [6.07, 6.45) is 2.35. The van der Waals surface area contributed by atoms with Gasteiger partial charge < -0.3 is 19.1 Å². The summed E-state index contributed by atoms with van der Waals surface area (Å²) in [7, 11) is 1.70. The highest BCUT2D eigenvalue weighted by Crippen LogP contribution is 2.45. The van der Waals surface area contributed by atoms with Crippen LogP contribution in [0.1, 0.15) is 38.7 Å². The van der Waals surface area contributed by atoms with E-state index in [1.165, 1.54) is 0 Å². The number of amides is 1. The Balaban J connectivity index is 1.92. The Morgan fingerprint density at radius 3 is 2.69 bits per heavy atom. The molecule has 2 saturated heterocycles. The molecule has 0 aromatic heterocycles. The molecule has 0 bridgehead atoms. The lowest BCUT2D eigenvalue weighted by Gasteiger charge is -2.44. The van der Waals surface area contributed by atoms with Gasteiger partial charge in [-0.2, -0.15) is 0 Å². The van der Waals surface area contributed by atoms with Crippen molar-refractivity contribution in [3.63, 3.8) is 0 Å². The molecular weight excluding hydrogens is 330 g/mol. The van der Waals surface area contributed by atoms with Crippen LogP contribution in [0.25, 0.3) is 0 Å². The predicted molar refractivity (Wildman–Crippen MR) is 101 cm³/mol. The predicted octanol–water partition coefficient (Wildman–Crippen LogP) is 3.02. The minimum Gasteiger partial charge on any atom is -0.496 e. The van der Waals surface area contributed by atoms with Crippen LogP contribution >= 0.6 is 0 Å². The highest BCUT2D eigenvalue weighted by Gasteiger charge is 2.43. The quantitative estimate of drug-likeness (QED) is 0.809. The maximum atomic E-state index is 13.1. The summed E-state index contributed by atoms with van der Waals surface area (Å²) < 4.78 is 17.1. The molecule has 3 rings (SSSR count). The average molecular weight is 361 g/mol. The first-order valence-corrected chi connectivity index (χ1v) is 9.66. The van der Waals surface area contributed by atoms with E-state index in [0.29, 0.717) is 45.2 Å². The number of nitrogens with zero attached hydrogens (tertiary/aromatic N) is 1. The van der Waals surface area contributed by atoms with E-state index in [2.05, 4.69) is 19.9 Å². The summed E-state index contributed by atoms with van der Waals surface area (Å²) in [4.78, 5) is 15.1. The van der Waals surface area contributed by atoms with Crippen LogP contribution in [0.15, 0.2) is 24.3 Å². The summed E-state index contributed by atoms with van der Waals surface area (Å²) in [6, 6.07) is 8.14. The molecule has 0 radical (unpaired) electrons. The number of carbonyl (C=O) groups is 1. The normalized spacial score (nSPS) is 26.8. The zero-order chi connectivity index (χ0) is 18.6. The third kappa shape index (κ3) is 4.04. The van der Waals surface area contributed by atoms with Crippen molar-refractivity contribution in [2.45, 2.75) is 44.6 Å². The van der Waals surface area contributed by atoms with Crippen molar-refractivity contribution in [1.82, 2.24) is 4.90 Å². The first kappa shape index (κ1) is 19.2. The fourth-order valence-corrected chi connectivity index (χ4v) is 4.18. The molecule has 0 N–H and O–H groups in total. The van der Waals surface area contributed by atoms with Crippen molar-refractivity contribution in [3.8, 4) is 5.75 Å². The molecule has 26 heavy (non-hydrogen) atoms. The van der Waals surface area contributed by atoms with Crippen LogP contribution in [-0.2, 0) is 19.7 Å². The second-order valence-corrected chi connectivity index (χ2v) is 7.76. The summed E-state index contributed by atoms with van der Waals surface area (Å²) >= 11 is 0. The van der Waals surface area contributed by atoms with Gasteiger partial charge in [-0.1, -0.05) is 32.0 Å². The lowest BCUT2D eigenvalue weighted by Crippen LogP contribution is -2.47. The SMILES string of the molecule is COc1ccccc1[C@@]1(CC(=O)N2CCOCC2)CCO[C@@H](C(C)C)C1. The number of ether oxygens (including phenoxy) is 3. The van der Waals surface area contributed by atoms with Crippen LogP contribution in [0.2, 0.25) is 0 Å². The van der Waals surface area contributed by atoms with Crippen LogP contribution in [0.3, 0.4) is 0 Å². The minimum absolute atomic E-state index is 0.158. The molecule has 5 heteroatoms. The van der Waals surface area contributed by atoms with E-state index >= 15 is 0 Å². The molecule has 0 spiro atoms. The van der Waals surface area contributed by atoms with Crippen LogP contribution in [-0.4, -0.2) is 56.9 Å². The van der Waals surface area contributed by atoms with Gasteiger partial charge in [0.1, 0.15) is 5.75 Å². The molecule has 0 aliphatic carbocycles. The fourth-order valence-electron chi connectivity index (χ4n) is 4.18. The van der Waals surface area contributed by atoms with Crippen molar-refractivity contribution in [1.29, 1.82) is 0 Å². The Morgan fingerprint density at radius 2 is 2.00 bits per heavy atom. The first-order valence-electron chi connectivity index (χ1n) is 9.66. The summed E-state index contributed by atoms with van der Waals surface area (Å²) in [5.41, 5.74) is 0.896. The zero-order valence-corrected chi connectivity index (χ0v) is 16.2. The second kappa shape index (κ2) is 8.40. The molecular formula is C21H31NO4. The van der Waals surface area contributed by atoms with Gasteiger partial charge in [-0.25, -0.2) is 0 Å². The molecule has 0 saturated carbocycles. The number of methoxy groups -OCH3 is 1. The number of carbonyl (C=O) groups excluding carboxylic acids is 1. The van der Waals surface area contributed by atoms with Gasteiger partial charge >= 0.3 is 0 Å². The number of hydrogen-bond acceptors (Lipinski definition) is 4. The second-order valence-electron chi connectivity index (χ2n) is 7.76. The van der Waals surface area contributed by atoms with Crippen molar-refractivity contribution < 1.29 is 19.0 Å². The molecule has 2 heterocycles. The molecule has 0 unspecified atom stereocenters. The van der Waals surface area contributed by atoms with Gasteiger partial charge in [0.15, 0.2) is 0 Å². The Bertz CT molecular complexity index is 612. The third-order valence-electron chi connectivity index (χ3n) is 5.78. The van der Waals surface area contributed by atoms with E-state index in [0.717, 1.165) is 24.2 Å². The van der Waals surface area contributed by atoms with Gasteiger partial charge in [-0.15, -0.1) is 0 Å². The summed E-state index contributed by atoms with van der Waals surface area (Å²) in [5.74, 6) is 1.50. The monoisotopic (exact) mass is 361 g/mol. The lowest BCUT2D eigenvalue weighted by molar-refractivity contribution is -0.138. The Hall–Kier alpha value is -1.59. The van der Waals surface area contributed by atoms with Gasteiger partial charge in [-0.3, -0.25) is 4.79 Å². The number of rotatable bonds is 5. The van der Waals surface area contributed by atoms with E-state index in [-0.39, 0.29) is 17.4 Å². The van der Waals surface area contributed by atoms with E-state index < -0.39 is 0 Å². The van der Waals surface area contributed by atoms with Crippen LogP contribution in [0.5, 0.6) is 5.75 Å². The van der Waals surface area contributed by atoms with Gasteiger partial charge in [0, 0.05) is 37.1 Å². The van der Waals surface area contributed by atoms with Crippen molar-refractivity contribution in [2.24, 2.45) is 5.92 Å². The largest absolute Gasteiger partial charge is 0.496 e. The molecule has 2 aliphatic rings. The Kier molecular flexibility index (Phi) is 6.20. The molecule has 1 aromatic rings. The van der Waals surface area contributed by atoms with Gasteiger partial charge in [0.05, 0.1) is 26.4 Å². The zero-order valence-electron chi connectivity index (χ0n) is 16.2. The maximum absolute atomic E-state index is 13.1. The highest BCUT2D eigenvalue weighted by molar-refractivity contribution is 5.78. The topological polar surface area (TPSA) is 48.0 Å². The van der Waals surface area contributed by atoms with Gasteiger partial charge in [0.2, 0.25) is 5.91 Å². The molecule has 2 atom stereocenters. The fraction of sp³-hybridized carbons (Fsp3) is 0.667. The van der Waals surface area contributed by atoms with E-state index in [1.54, 1.807) is 7.11 Å². The lowest BCUT2D eigenvalue weighted by atomic mass is 9.68. The molecule has 144 valence electrons. The van der Waals surface area contributed by atoms with E-state index in [4.69, 9.17) is 14.2 Å². The smallest absolute Gasteiger partial charge is 0.223 e. The van der Waals surface area contributed by atoms with Gasteiger partial charge in [0.25, 0.3) is 0 Å². The summed E-state index contributed by atoms with van der Waals surface area (Å²) in [5, 5.41) is 0. The number of morpholine rings is 1. The molecule has 2 aliphatic heterocycles. The minimum atomic E-state index is -0.241.